The van der Waals surface area contributed by atoms with Gasteiger partial charge in [0.15, 0.2) is 0 Å². The number of hydrogen-bond donors (Lipinski definition) is 1. The lowest BCUT2D eigenvalue weighted by molar-refractivity contribution is -0.111. The Kier molecular flexibility index (Phi) is 5.89. The fourth-order valence-corrected chi connectivity index (χ4v) is 3.46. The summed E-state index contributed by atoms with van der Waals surface area (Å²) in [6.07, 6.45) is 5.21. The van der Waals surface area contributed by atoms with Crippen molar-refractivity contribution in [3.05, 3.63) is 83.7 Å². The molecule has 1 amide bonds. The second kappa shape index (κ2) is 8.93. The number of nitrogens with zero attached hydrogens (tertiary/aromatic N) is 4. The van der Waals surface area contributed by atoms with Gasteiger partial charge in [-0.3, -0.25) is 9.48 Å². The summed E-state index contributed by atoms with van der Waals surface area (Å²) in [6.45, 7) is 3.85. The number of anilines is 1. The van der Waals surface area contributed by atoms with E-state index in [0.29, 0.717) is 5.82 Å². The van der Waals surface area contributed by atoms with Gasteiger partial charge in [-0.15, -0.1) is 0 Å². The second-order valence-electron chi connectivity index (χ2n) is 7.45. The van der Waals surface area contributed by atoms with Gasteiger partial charge >= 0.3 is 0 Å². The summed E-state index contributed by atoms with van der Waals surface area (Å²) in [7, 11) is 3.45. The number of hydrogen-bond acceptors (Lipinski definition) is 4. The van der Waals surface area contributed by atoms with E-state index in [-0.39, 0.29) is 5.91 Å². The molecule has 0 atom stereocenters. The van der Waals surface area contributed by atoms with E-state index in [1.165, 1.54) is 6.08 Å². The van der Waals surface area contributed by atoms with Crippen LogP contribution >= 0.6 is 0 Å². The summed E-state index contributed by atoms with van der Waals surface area (Å²) >= 11 is 0. The van der Waals surface area contributed by atoms with Crippen LogP contribution in [0.1, 0.15) is 16.8 Å². The number of amides is 1. The van der Waals surface area contributed by atoms with Crippen molar-refractivity contribution in [2.45, 2.75) is 13.8 Å². The topological polar surface area (TPSA) is 74.0 Å². The summed E-state index contributed by atoms with van der Waals surface area (Å²) < 4.78 is 8.75. The van der Waals surface area contributed by atoms with Crippen molar-refractivity contribution in [2.24, 2.45) is 7.05 Å². The molecule has 2 heterocycles. The molecule has 0 aliphatic rings. The van der Waals surface area contributed by atoms with Crippen molar-refractivity contribution >= 4 is 17.8 Å². The minimum absolute atomic E-state index is 0.232. The van der Waals surface area contributed by atoms with E-state index in [4.69, 9.17) is 9.84 Å². The Bertz CT molecular complexity index is 1270. The van der Waals surface area contributed by atoms with Crippen molar-refractivity contribution < 1.29 is 9.53 Å². The van der Waals surface area contributed by atoms with Crippen molar-refractivity contribution in [1.29, 1.82) is 0 Å². The molecule has 0 fully saturated rings. The molecule has 32 heavy (non-hydrogen) atoms. The first kappa shape index (κ1) is 21.1. The third kappa shape index (κ3) is 4.32. The lowest BCUT2D eigenvalue weighted by atomic mass is 10.1. The third-order valence-corrected chi connectivity index (χ3v) is 5.30. The first-order valence-electron chi connectivity index (χ1n) is 10.2. The number of methoxy groups -OCH3 is 1. The zero-order valence-electron chi connectivity index (χ0n) is 18.5. The van der Waals surface area contributed by atoms with Gasteiger partial charge in [0.05, 0.1) is 24.2 Å². The Morgan fingerprint density at radius 3 is 2.38 bits per heavy atom. The van der Waals surface area contributed by atoms with Gasteiger partial charge in [-0.1, -0.05) is 18.2 Å². The van der Waals surface area contributed by atoms with Crippen molar-refractivity contribution in [1.82, 2.24) is 19.6 Å². The molecule has 0 spiro atoms. The maximum Gasteiger partial charge on any atom is 0.249 e. The first-order chi connectivity index (χ1) is 15.5. The van der Waals surface area contributed by atoms with Crippen LogP contribution in [0.3, 0.4) is 0 Å². The molecule has 0 unspecified atom stereocenters. The number of carbonyl (C=O) groups excluding carboxylic acids is 1. The molecule has 2 aromatic heterocycles. The number of carbonyl (C=O) groups is 1. The van der Waals surface area contributed by atoms with Gasteiger partial charge in [0.2, 0.25) is 5.91 Å². The number of aromatic nitrogens is 4. The zero-order chi connectivity index (χ0) is 22.7. The van der Waals surface area contributed by atoms with Gasteiger partial charge < -0.3 is 10.1 Å². The molecule has 0 aliphatic carbocycles. The van der Waals surface area contributed by atoms with Crippen LogP contribution in [0.25, 0.3) is 23.0 Å². The van der Waals surface area contributed by atoms with Crippen LogP contribution in [0.2, 0.25) is 0 Å². The predicted octanol–water partition coefficient (Wildman–Crippen LogP) is 4.55. The predicted molar refractivity (Wildman–Crippen MR) is 126 cm³/mol. The highest BCUT2D eigenvalue weighted by Gasteiger charge is 2.13. The van der Waals surface area contributed by atoms with E-state index in [2.05, 4.69) is 10.4 Å². The molecule has 4 rings (SSSR count). The fraction of sp³-hybridized carbons (Fsp3) is 0.160. The molecule has 7 heteroatoms. The van der Waals surface area contributed by atoms with Gasteiger partial charge in [0, 0.05) is 36.0 Å². The standard InChI is InChI=1S/C25H25N5O2/c1-17-18(2)27-29(3)25(17)26-23(31)15-12-20-16-30(21-8-6-5-7-9-21)28-24(20)19-10-13-22(32-4)14-11-19/h5-16H,1-4H3,(H,26,31)/b15-12+. The first-order valence-corrected chi connectivity index (χ1v) is 10.2. The summed E-state index contributed by atoms with van der Waals surface area (Å²) in [5.74, 6) is 1.23. The minimum Gasteiger partial charge on any atom is -0.497 e. The minimum atomic E-state index is -0.232. The third-order valence-electron chi connectivity index (χ3n) is 5.30. The maximum absolute atomic E-state index is 12.6. The quantitative estimate of drug-likeness (QED) is 0.458. The molecule has 1 N–H and O–H groups in total. The smallest absolute Gasteiger partial charge is 0.249 e. The van der Waals surface area contributed by atoms with E-state index in [1.54, 1.807) is 17.9 Å². The van der Waals surface area contributed by atoms with Gasteiger partial charge in [-0.25, -0.2) is 4.68 Å². The molecule has 0 saturated carbocycles. The lowest BCUT2D eigenvalue weighted by Gasteiger charge is -2.04. The Morgan fingerprint density at radius 2 is 1.75 bits per heavy atom. The Balaban J connectivity index is 1.66. The molecule has 4 aromatic rings. The molecule has 162 valence electrons. The fourth-order valence-electron chi connectivity index (χ4n) is 3.46. The number of benzene rings is 2. The molecular formula is C25H25N5O2. The van der Waals surface area contributed by atoms with Crippen molar-refractivity contribution in [3.8, 4) is 22.7 Å². The largest absolute Gasteiger partial charge is 0.497 e. The maximum atomic E-state index is 12.6. The van der Waals surface area contributed by atoms with Crippen LogP contribution in [0.5, 0.6) is 5.75 Å². The van der Waals surface area contributed by atoms with Crippen molar-refractivity contribution in [2.75, 3.05) is 12.4 Å². The van der Waals surface area contributed by atoms with E-state index >= 15 is 0 Å². The number of para-hydroxylation sites is 1. The second-order valence-corrected chi connectivity index (χ2v) is 7.45. The molecule has 0 bridgehead atoms. The monoisotopic (exact) mass is 427 g/mol. The van der Waals surface area contributed by atoms with Crippen LogP contribution in [-0.2, 0) is 11.8 Å². The average molecular weight is 428 g/mol. The van der Waals surface area contributed by atoms with Gasteiger partial charge in [0.25, 0.3) is 0 Å². The molecule has 0 radical (unpaired) electrons. The van der Waals surface area contributed by atoms with Gasteiger partial charge in [-0.2, -0.15) is 10.2 Å². The van der Waals surface area contributed by atoms with E-state index in [0.717, 1.165) is 39.5 Å². The molecule has 0 aliphatic heterocycles. The summed E-state index contributed by atoms with van der Waals surface area (Å²) in [4.78, 5) is 12.6. The number of ether oxygens (including phenoxy) is 1. The summed E-state index contributed by atoms with van der Waals surface area (Å²) in [5.41, 5.74) is 5.30. The van der Waals surface area contributed by atoms with Crippen molar-refractivity contribution in [3.63, 3.8) is 0 Å². The number of nitrogens with one attached hydrogen (secondary N) is 1. The van der Waals surface area contributed by atoms with E-state index in [9.17, 15) is 4.79 Å². The van der Waals surface area contributed by atoms with Gasteiger partial charge in [-0.05, 0) is 56.3 Å². The Hall–Kier alpha value is -4.13. The highest BCUT2D eigenvalue weighted by atomic mass is 16.5. The summed E-state index contributed by atoms with van der Waals surface area (Å²) in [5, 5.41) is 12.0. The van der Waals surface area contributed by atoms with Crippen LogP contribution in [0.15, 0.2) is 66.9 Å². The summed E-state index contributed by atoms with van der Waals surface area (Å²) in [6, 6.07) is 17.6. The molecular weight excluding hydrogens is 402 g/mol. The zero-order valence-corrected chi connectivity index (χ0v) is 18.5. The molecule has 7 nitrogen and oxygen atoms in total. The van der Waals surface area contributed by atoms with Crippen LogP contribution in [-0.4, -0.2) is 32.6 Å². The highest BCUT2D eigenvalue weighted by Crippen LogP contribution is 2.27. The Labute approximate surface area is 187 Å². The highest BCUT2D eigenvalue weighted by molar-refractivity contribution is 6.02. The number of aryl methyl sites for hydroxylation is 2. The van der Waals surface area contributed by atoms with E-state index in [1.807, 2.05) is 86.4 Å². The molecule has 0 saturated heterocycles. The average Bonchev–Trinajstić information content (AvgIpc) is 3.35. The van der Waals surface area contributed by atoms with Crippen LogP contribution in [0.4, 0.5) is 5.82 Å². The van der Waals surface area contributed by atoms with Crippen LogP contribution < -0.4 is 10.1 Å². The number of rotatable bonds is 6. The van der Waals surface area contributed by atoms with E-state index < -0.39 is 0 Å². The Morgan fingerprint density at radius 1 is 1.03 bits per heavy atom. The molecule has 2 aromatic carbocycles. The van der Waals surface area contributed by atoms with Gasteiger partial charge in [0.1, 0.15) is 11.6 Å². The lowest BCUT2D eigenvalue weighted by Crippen LogP contribution is -2.12. The normalized spacial score (nSPS) is 11.1. The van der Waals surface area contributed by atoms with Crippen LogP contribution in [0, 0.1) is 13.8 Å². The SMILES string of the molecule is COc1ccc(-c2nn(-c3ccccc3)cc2/C=C/C(=O)Nc2c(C)c(C)nn2C)cc1.